The molecule has 0 saturated carbocycles. The van der Waals surface area contributed by atoms with Gasteiger partial charge in [-0.3, -0.25) is 0 Å². The summed E-state index contributed by atoms with van der Waals surface area (Å²) in [6.07, 6.45) is 0.968. The highest BCUT2D eigenvalue weighted by Crippen LogP contribution is 2.25. The van der Waals surface area contributed by atoms with Gasteiger partial charge in [0, 0.05) is 30.3 Å². The summed E-state index contributed by atoms with van der Waals surface area (Å²) in [6, 6.07) is 14.8. The summed E-state index contributed by atoms with van der Waals surface area (Å²) in [5, 5.41) is 0.601. The van der Waals surface area contributed by atoms with Crippen molar-refractivity contribution in [2.75, 3.05) is 31.6 Å². The van der Waals surface area contributed by atoms with E-state index in [-0.39, 0.29) is 5.75 Å². The minimum atomic E-state index is -3.35. The van der Waals surface area contributed by atoms with Crippen LogP contribution in [-0.2, 0) is 15.8 Å². The van der Waals surface area contributed by atoms with Crippen molar-refractivity contribution in [2.45, 2.75) is 12.2 Å². The molecule has 0 aliphatic carbocycles. The van der Waals surface area contributed by atoms with Crippen LogP contribution in [0, 0.1) is 5.92 Å². The fourth-order valence-corrected chi connectivity index (χ4v) is 4.47. The number of nitrogens with zero attached hydrogens (tertiary/aromatic N) is 1. The van der Waals surface area contributed by atoms with Gasteiger partial charge in [-0.25, -0.2) is 13.1 Å². The average Bonchev–Trinajstić information content (AvgIpc) is 3.11. The van der Waals surface area contributed by atoms with Gasteiger partial charge in [0.15, 0.2) is 0 Å². The Balaban J connectivity index is 1.51. The molecule has 7 heteroatoms. The standard InChI is InChI=1S/C19H23ClN2O3S/c1-25-19-8-6-18(7-9-19)22-11-10-16(13-22)12-21-26(23,24)14-15-2-4-17(20)5-3-15/h2-9,16,21H,10-14H2,1H3. The number of ether oxygens (including phenoxy) is 1. The Morgan fingerprint density at radius 3 is 2.50 bits per heavy atom. The van der Waals surface area contributed by atoms with Crippen molar-refractivity contribution in [2.24, 2.45) is 5.92 Å². The zero-order valence-electron chi connectivity index (χ0n) is 14.7. The third-order valence-electron chi connectivity index (χ3n) is 4.59. The summed E-state index contributed by atoms with van der Waals surface area (Å²) >= 11 is 5.83. The van der Waals surface area contributed by atoms with Crippen molar-refractivity contribution in [3.63, 3.8) is 0 Å². The van der Waals surface area contributed by atoms with Gasteiger partial charge in [-0.2, -0.15) is 0 Å². The average molecular weight is 395 g/mol. The van der Waals surface area contributed by atoms with Crippen LogP contribution in [0.4, 0.5) is 5.69 Å². The second-order valence-corrected chi connectivity index (χ2v) is 8.78. The van der Waals surface area contributed by atoms with Crippen LogP contribution in [0.15, 0.2) is 48.5 Å². The lowest BCUT2D eigenvalue weighted by Gasteiger charge is -2.19. The van der Waals surface area contributed by atoms with Crippen molar-refractivity contribution in [3.8, 4) is 5.75 Å². The number of halogens is 1. The van der Waals surface area contributed by atoms with Gasteiger partial charge in [0.25, 0.3) is 0 Å². The Kier molecular flexibility index (Phi) is 6.06. The predicted molar refractivity (Wildman–Crippen MR) is 105 cm³/mol. The highest BCUT2D eigenvalue weighted by molar-refractivity contribution is 7.88. The van der Waals surface area contributed by atoms with E-state index in [1.54, 1.807) is 31.4 Å². The normalized spacial score (nSPS) is 17.5. The molecule has 1 aliphatic heterocycles. The number of benzene rings is 2. The maximum Gasteiger partial charge on any atom is 0.215 e. The van der Waals surface area contributed by atoms with Crippen LogP contribution in [0.5, 0.6) is 5.75 Å². The molecular weight excluding hydrogens is 372 g/mol. The molecule has 2 aromatic carbocycles. The van der Waals surface area contributed by atoms with Crippen molar-refractivity contribution in [3.05, 3.63) is 59.1 Å². The fourth-order valence-electron chi connectivity index (χ4n) is 3.12. The topological polar surface area (TPSA) is 58.6 Å². The third kappa shape index (κ3) is 5.13. The fraction of sp³-hybridized carbons (Fsp3) is 0.368. The molecule has 1 aliphatic rings. The van der Waals surface area contributed by atoms with Crippen LogP contribution in [0.25, 0.3) is 0 Å². The van der Waals surface area contributed by atoms with Gasteiger partial charge < -0.3 is 9.64 Å². The second kappa shape index (κ2) is 8.29. The molecule has 0 amide bonds. The molecule has 1 atom stereocenters. The number of nitrogens with one attached hydrogen (secondary N) is 1. The first-order chi connectivity index (χ1) is 12.4. The van der Waals surface area contributed by atoms with Crippen LogP contribution < -0.4 is 14.4 Å². The summed E-state index contributed by atoms with van der Waals surface area (Å²) in [4.78, 5) is 2.28. The molecular formula is C19H23ClN2O3S. The molecule has 0 aromatic heterocycles. The summed E-state index contributed by atoms with van der Waals surface area (Å²) < 4.78 is 32.5. The van der Waals surface area contributed by atoms with Crippen LogP contribution in [0.2, 0.25) is 5.02 Å². The van der Waals surface area contributed by atoms with E-state index >= 15 is 0 Å². The number of methoxy groups -OCH3 is 1. The summed E-state index contributed by atoms with van der Waals surface area (Å²) in [5.74, 6) is 1.11. The first-order valence-corrected chi connectivity index (χ1v) is 10.6. The van der Waals surface area contributed by atoms with E-state index in [0.717, 1.165) is 36.5 Å². The Morgan fingerprint density at radius 2 is 1.85 bits per heavy atom. The van der Waals surface area contributed by atoms with Crippen LogP contribution in [0.1, 0.15) is 12.0 Å². The maximum absolute atomic E-state index is 12.3. The quantitative estimate of drug-likeness (QED) is 0.782. The molecule has 2 aromatic rings. The van der Waals surface area contributed by atoms with Crippen molar-refractivity contribution in [1.82, 2.24) is 4.72 Å². The van der Waals surface area contributed by atoms with E-state index in [0.29, 0.717) is 17.5 Å². The Morgan fingerprint density at radius 1 is 1.15 bits per heavy atom. The van der Waals surface area contributed by atoms with Gasteiger partial charge in [0.05, 0.1) is 12.9 Å². The lowest BCUT2D eigenvalue weighted by molar-refractivity contribution is 0.415. The lowest BCUT2D eigenvalue weighted by Crippen LogP contribution is -2.31. The van der Waals surface area contributed by atoms with E-state index in [1.165, 1.54) is 0 Å². The smallest absolute Gasteiger partial charge is 0.215 e. The molecule has 140 valence electrons. The monoisotopic (exact) mass is 394 g/mol. The Labute approximate surface area is 160 Å². The molecule has 0 radical (unpaired) electrons. The molecule has 26 heavy (non-hydrogen) atoms. The van der Waals surface area contributed by atoms with Crippen molar-refractivity contribution < 1.29 is 13.2 Å². The summed E-state index contributed by atoms with van der Waals surface area (Å²) in [6.45, 7) is 2.23. The van der Waals surface area contributed by atoms with Crippen LogP contribution in [-0.4, -0.2) is 35.2 Å². The van der Waals surface area contributed by atoms with E-state index in [4.69, 9.17) is 16.3 Å². The zero-order chi connectivity index (χ0) is 18.6. The largest absolute Gasteiger partial charge is 0.497 e. The molecule has 0 bridgehead atoms. The molecule has 1 fully saturated rings. The molecule has 1 saturated heterocycles. The lowest BCUT2D eigenvalue weighted by atomic mass is 10.1. The van der Waals surface area contributed by atoms with Crippen molar-refractivity contribution in [1.29, 1.82) is 0 Å². The molecule has 1 N–H and O–H groups in total. The van der Waals surface area contributed by atoms with Gasteiger partial charge in [-0.05, 0) is 54.3 Å². The van der Waals surface area contributed by atoms with E-state index in [9.17, 15) is 8.42 Å². The maximum atomic E-state index is 12.3. The third-order valence-corrected chi connectivity index (χ3v) is 6.16. The number of hydrogen-bond acceptors (Lipinski definition) is 4. The van der Waals surface area contributed by atoms with Gasteiger partial charge >= 0.3 is 0 Å². The summed E-state index contributed by atoms with van der Waals surface area (Å²) in [5.41, 5.74) is 1.87. The van der Waals surface area contributed by atoms with E-state index in [2.05, 4.69) is 9.62 Å². The molecule has 1 unspecified atom stereocenters. The first-order valence-electron chi connectivity index (χ1n) is 8.56. The minimum Gasteiger partial charge on any atom is -0.497 e. The van der Waals surface area contributed by atoms with Gasteiger partial charge in [0.1, 0.15) is 5.75 Å². The SMILES string of the molecule is COc1ccc(N2CCC(CNS(=O)(=O)Cc3ccc(Cl)cc3)C2)cc1. The molecule has 5 nitrogen and oxygen atoms in total. The van der Waals surface area contributed by atoms with Gasteiger partial charge in [-0.1, -0.05) is 23.7 Å². The highest BCUT2D eigenvalue weighted by atomic mass is 35.5. The predicted octanol–water partition coefficient (Wildman–Crippen LogP) is 3.29. The van der Waals surface area contributed by atoms with Crippen LogP contribution >= 0.6 is 11.6 Å². The molecule has 1 heterocycles. The number of anilines is 1. The van der Waals surface area contributed by atoms with Crippen molar-refractivity contribution >= 4 is 27.3 Å². The highest BCUT2D eigenvalue weighted by Gasteiger charge is 2.24. The minimum absolute atomic E-state index is 0.0287. The molecule has 3 rings (SSSR count). The zero-order valence-corrected chi connectivity index (χ0v) is 16.3. The molecule has 0 spiro atoms. The van der Waals surface area contributed by atoms with Gasteiger partial charge in [-0.15, -0.1) is 0 Å². The van der Waals surface area contributed by atoms with E-state index in [1.807, 2.05) is 24.3 Å². The van der Waals surface area contributed by atoms with Gasteiger partial charge in [0.2, 0.25) is 10.0 Å². The number of hydrogen-bond donors (Lipinski definition) is 1. The first kappa shape index (κ1) is 19.0. The number of rotatable bonds is 7. The van der Waals surface area contributed by atoms with Crippen LogP contribution in [0.3, 0.4) is 0 Å². The second-order valence-electron chi connectivity index (χ2n) is 6.53. The Bertz CT molecular complexity index is 823. The number of sulfonamides is 1. The Hall–Kier alpha value is -1.76. The summed E-state index contributed by atoms with van der Waals surface area (Å²) in [7, 11) is -1.70. The van der Waals surface area contributed by atoms with E-state index < -0.39 is 10.0 Å².